The number of piperazine rings is 1. The van der Waals surface area contributed by atoms with E-state index in [4.69, 9.17) is 0 Å². The molecule has 2 rings (SSSR count). The maximum atomic E-state index is 12.1. The maximum absolute atomic E-state index is 12.1. The quantitative estimate of drug-likeness (QED) is 0.834. The summed E-state index contributed by atoms with van der Waals surface area (Å²) < 4.78 is 0. The molecule has 1 aromatic carbocycles. The number of carbonyl (C=O) groups is 2. The highest BCUT2D eigenvalue weighted by molar-refractivity contribution is 5.95. The Morgan fingerprint density at radius 2 is 1.82 bits per heavy atom. The van der Waals surface area contributed by atoms with Gasteiger partial charge in [-0.2, -0.15) is 0 Å². The maximum Gasteiger partial charge on any atom is 0.251 e. The summed E-state index contributed by atoms with van der Waals surface area (Å²) in [6.07, 6.45) is 1.18. The lowest BCUT2D eigenvalue weighted by Crippen LogP contribution is -2.47. The van der Waals surface area contributed by atoms with Crippen molar-refractivity contribution < 1.29 is 9.59 Å². The highest BCUT2D eigenvalue weighted by atomic mass is 16.2. The Morgan fingerprint density at radius 1 is 1.14 bits per heavy atom. The summed E-state index contributed by atoms with van der Waals surface area (Å²) in [5.41, 5.74) is 1.67. The summed E-state index contributed by atoms with van der Waals surface area (Å²) in [5.74, 6) is 0.128. The fourth-order valence-corrected chi connectivity index (χ4v) is 2.58. The molecule has 0 aliphatic carbocycles. The molecule has 1 aliphatic heterocycles. The predicted octanol–water partition coefficient (Wildman–Crippen LogP) is 1.28. The Morgan fingerprint density at radius 3 is 2.50 bits per heavy atom. The molecule has 1 saturated heterocycles. The fourth-order valence-electron chi connectivity index (χ4n) is 2.58. The standard InChI is InChI=1S/C17H25N3O2/c1-14-6-3-4-7-15(14)17(22)18-9-5-8-16(21)20-12-10-19(2)11-13-20/h3-4,6-7H,5,8-13H2,1-2H3,(H,18,22). The van der Waals surface area contributed by atoms with E-state index in [1.165, 1.54) is 0 Å². The molecule has 1 heterocycles. The Bertz CT molecular complexity index is 522. The Labute approximate surface area is 132 Å². The van der Waals surface area contributed by atoms with Crippen molar-refractivity contribution in [1.29, 1.82) is 0 Å². The van der Waals surface area contributed by atoms with Gasteiger partial charge in [0.15, 0.2) is 0 Å². The molecule has 0 saturated carbocycles. The van der Waals surface area contributed by atoms with Crippen LogP contribution in [0, 0.1) is 6.92 Å². The van der Waals surface area contributed by atoms with Crippen LogP contribution < -0.4 is 5.32 Å². The van der Waals surface area contributed by atoms with E-state index in [2.05, 4.69) is 17.3 Å². The first kappa shape index (κ1) is 16.5. The normalized spacial score (nSPS) is 15.6. The van der Waals surface area contributed by atoms with Crippen molar-refractivity contribution in [3.63, 3.8) is 0 Å². The van der Waals surface area contributed by atoms with Gasteiger partial charge >= 0.3 is 0 Å². The third-order valence-electron chi connectivity index (χ3n) is 4.10. The average Bonchev–Trinajstić information content (AvgIpc) is 2.52. The lowest BCUT2D eigenvalue weighted by atomic mass is 10.1. The van der Waals surface area contributed by atoms with Crippen LogP contribution in [0.2, 0.25) is 0 Å². The lowest BCUT2D eigenvalue weighted by Gasteiger charge is -2.32. The third-order valence-corrected chi connectivity index (χ3v) is 4.10. The zero-order chi connectivity index (χ0) is 15.9. The number of carbonyl (C=O) groups excluding carboxylic acids is 2. The van der Waals surface area contributed by atoms with Crippen LogP contribution in [0.3, 0.4) is 0 Å². The van der Waals surface area contributed by atoms with Gasteiger partial charge < -0.3 is 15.1 Å². The molecule has 0 spiro atoms. The van der Waals surface area contributed by atoms with E-state index in [0.717, 1.165) is 31.7 Å². The second kappa shape index (κ2) is 7.94. The van der Waals surface area contributed by atoms with Crippen molar-refractivity contribution in [2.24, 2.45) is 0 Å². The monoisotopic (exact) mass is 303 g/mol. The van der Waals surface area contributed by atoms with Crippen LogP contribution >= 0.6 is 0 Å². The smallest absolute Gasteiger partial charge is 0.251 e. The number of rotatable bonds is 5. The van der Waals surface area contributed by atoms with Gasteiger partial charge in [0.1, 0.15) is 0 Å². The van der Waals surface area contributed by atoms with E-state index in [1.54, 1.807) is 0 Å². The van der Waals surface area contributed by atoms with E-state index in [-0.39, 0.29) is 11.8 Å². The van der Waals surface area contributed by atoms with E-state index in [1.807, 2.05) is 36.1 Å². The molecule has 22 heavy (non-hydrogen) atoms. The first-order chi connectivity index (χ1) is 10.6. The summed E-state index contributed by atoms with van der Waals surface area (Å²) in [7, 11) is 2.07. The Kier molecular flexibility index (Phi) is 5.95. The number of aryl methyl sites for hydroxylation is 1. The van der Waals surface area contributed by atoms with Gasteiger partial charge in [-0.3, -0.25) is 9.59 Å². The van der Waals surface area contributed by atoms with Crippen LogP contribution in [0.4, 0.5) is 0 Å². The van der Waals surface area contributed by atoms with Gasteiger partial charge in [-0.05, 0) is 32.0 Å². The number of likely N-dealkylation sites (N-methyl/N-ethyl adjacent to an activating group) is 1. The topological polar surface area (TPSA) is 52.7 Å². The van der Waals surface area contributed by atoms with Crippen LogP contribution in [0.15, 0.2) is 24.3 Å². The van der Waals surface area contributed by atoms with Gasteiger partial charge in [0.2, 0.25) is 5.91 Å². The molecule has 120 valence electrons. The van der Waals surface area contributed by atoms with E-state index >= 15 is 0 Å². The summed E-state index contributed by atoms with van der Waals surface area (Å²) in [4.78, 5) is 28.3. The SMILES string of the molecule is Cc1ccccc1C(=O)NCCCC(=O)N1CCN(C)CC1. The number of nitrogens with zero attached hydrogens (tertiary/aromatic N) is 2. The Hall–Kier alpha value is -1.88. The van der Waals surface area contributed by atoms with Crippen LogP contribution in [-0.2, 0) is 4.79 Å². The molecule has 0 atom stereocenters. The number of hydrogen-bond donors (Lipinski definition) is 1. The largest absolute Gasteiger partial charge is 0.352 e. The van der Waals surface area contributed by atoms with Gasteiger partial charge in [-0.15, -0.1) is 0 Å². The summed E-state index contributed by atoms with van der Waals surface area (Å²) >= 11 is 0. The molecule has 5 heteroatoms. The second-order valence-electron chi connectivity index (χ2n) is 5.86. The van der Waals surface area contributed by atoms with Crippen molar-refractivity contribution in [2.75, 3.05) is 39.8 Å². The highest BCUT2D eigenvalue weighted by Gasteiger charge is 2.18. The predicted molar refractivity (Wildman–Crippen MR) is 86.8 cm³/mol. The molecule has 5 nitrogen and oxygen atoms in total. The third kappa shape index (κ3) is 4.56. The molecule has 0 aromatic heterocycles. The second-order valence-corrected chi connectivity index (χ2v) is 5.86. The Balaban J connectivity index is 1.68. The average molecular weight is 303 g/mol. The zero-order valence-corrected chi connectivity index (χ0v) is 13.5. The first-order valence-electron chi connectivity index (χ1n) is 7.88. The lowest BCUT2D eigenvalue weighted by molar-refractivity contribution is -0.132. The summed E-state index contributed by atoms with van der Waals surface area (Å²) in [5, 5.41) is 2.89. The molecule has 0 bridgehead atoms. The van der Waals surface area contributed by atoms with E-state index in [9.17, 15) is 9.59 Å². The molecule has 1 N–H and O–H groups in total. The number of hydrogen-bond acceptors (Lipinski definition) is 3. The molecule has 0 radical (unpaired) electrons. The van der Waals surface area contributed by atoms with Gasteiger partial charge in [-0.1, -0.05) is 18.2 Å². The molecule has 1 aromatic rings. The van der Waals surface area contributed by atoms with Crippen molar-refractivity contribution in [2.45, 2.75) is 19.8 Å². The molecule has 0 unspecified atom stereocenters. The van der Waals surface area contributed by atoms with Gasteiger partial charge in [0, 0.05) is 44.7 Å². The van der Waals surface area contributed by atoms with E-state index in [0.29, 0.717) is 24.9 Å². The minimum absolute atomic E-state index is 0.0647. The van der Waals surface area contributed by atoms with Crippen molar-refractivity contribution in [3.05, 3.63) is 35.4 Å². The van der Waals surface area contributed by atoms with Crippen molar-refractivity contribution in [1.82, 2.24) is 15.1 Å². The number of benzene rings is 1. The summed E-state index contributed by atoms with van der Waals surface area (Å²) in [6.45, 7) is 5.96. The van der Waals surface area contributed by atoms with Crippen molar-refractivity contribution in [3.8, 4) is 0 Å². The van der Waals surface area contributed by atoms with Gasteiger partial charge in [0.25, 0.3) is 5.91 Å². The molecule has 2 amide bonds. The van der Waals surface area contributed by atoms with Crippen LogP contribution in [-0.4, -0.2) is 61.4 Å². The number of amides is 2. The molecule has 1 aliphatic rings. The number of nitrogens with one attached hydrogen (secondary N) is 1. The molecular weight excluding hydrogens is 278 g/mol. The minimum Gasteiger partial charge on any atom is -0.352 e. The molecule has 1 fully saturated rings. The highest BCUT2D eigenvalue weighted by Crippen LogP contribution is 2.07. The van der Waals surface area contributed by atoms with Crippen LogP contribution in [0.25, 0.3) is 0 Å². The van der Waals surface area contributed by atoms with Gasteiger partial charge in [-0.25, -0.2) is 0 Å². The first-order valence-corrected chi connectivity index (χ1v) is 7.88. The summed E-state index contributed by atoms with van der Waals surface area (Å²) in [6, 6.07) is 7.52. The zero-order valence-electron chi connectivity index (χ0n) is 13.5. The minimum atomic E-state index is -0.0647. The van der Waals surface area contributed by atoms with E-state index < -0.39 is 0 Å². The molecular formula is C17H25N3O2. The van der Waals surface area contributed by atoms with Crippen LogP contribution in [0.1, 0.15) is 28.8 Å². The fraction of sp³-hybridized carbons (Fsp3) is 0.529. The van der Waals surface area contributed by atoms with Crippen molar-refractivity contribution >= 4 is 11.8 Å². The van der Waals surface area contributed by atoms with Gasteiger partial charge in [0.05, 0.1) is 0 Å². The van der Waals surface area contributed by atoms with Crippen LogP contribution in [0.5, 0.6) is 0 Å².